The van der Waals surface area contributed by atoms with Crippen LogP contribution in [0.5, 0.6) is 5.75 Å². The Hall–Kier alpha value is -4.32. The summed E-state index contributed by atoms with van der Waals surface area (Å²) in [7, 11) is 1.71. The molecule has 2 atom stereocenters. The fraction of sp³-hybridized carbons (Fsp3) is 0.250. The number of ether oxygens (including phenoxy) is 2. The van der Waals surface area contributed by atoms with E-state index in [-0.39, 0.29) is 5.69 Å². The summed E-state index contributed by atoms with van der Waals surface area (Å²) in [5, 5.41) is 11.4. The van der Waals surface area contributed by atoms with Gasteiger partial charge in [-0.15, -0.1) is 0 Å². The van der Waals surface area contributed by atoms with Crippen molar-refractivity contribution in [1.82, 2.24) is 9.36 Å². The van der Waals surface area contributed by atoms with E-state index < -0.39 is 29.6 Å². The molecule has 0 saturated carbocycles. The van der Waals surface area contributed by atoms with Gasteiger partial charge in [-0.25, -0.2) is 9.48 Å². The van der Waals surface area contributed by atoms with Crippen LogP contribution < -0.4 is 15.6 Å². The monoisotopic (exact) mass is 448 g/mol. The number of anilines is 1. The molecule has 0 fully saturated rings. The molecule has 0 aliphatic heterocycles. The molecule has 0 aliphatic rings. The molecule has 1 heterocycles. The van der Waals surface area contributed by atoms with Crippen molar-refractivity contribution in [2.24, 2.45) is 7.05 Å². The second-order valence-electron chi connectivity index (χ2n) is 7.40. The Morgan fingerprint density at radius 3 is 2.27 bits per heavy atom. The number of rotatable bonds is 7. The van der Waals surface area contributed by atoms with Gasteiger partial charge in [0.05, 0.1) is 23.0 Å². The third kappa shape index (κ3) is 5.13. The fourth-order valence-corrected chi connectivity index (χ4v) is 3.12. The van der Waals surface area contributed by atoms with Crippen LogP contribution in [0, 0.1) is 18.3 Å². The Balaban J connectivity index is 1.66. The van der Waals surface area contributed by atoms with E-state index in [0.717, 1.165) is 0 Å². The summed E-state index contributed by atoms with van der Waals surface area (Å²) in [6.45, 7) is 4.61. The molecule has 0 bridgehead atoms. The molecular formula is C24H24N4O5. The van der Waals surface area contributed by atoms with Crippen molar-refractivity contribution in [2.45, 2.75) is 33.0 Å². The van der Waals surface area contributed by atoms with Crippen LogP contribution in [0.3, 0.4) is 0 Å². The number of nitrogens with zero attached hydrogens (tertiary/aromatic N) is 3. The Bertz CT molecular complexity index is 1250. The molecule has 1 aromatic heterocycles. The molecule has 1 N–H and O–H groups in total. The first-order chi connectivity index (χ1) is 15.7. The molecule has 2 unspecified atom stereocenters. The van der Waals surface area contributed by atoms with Crippen molar-refractivity contribution in [1.29, 1.82) is 5.26 Å². The van der Waals surface area contributed by atoms with E-state index in [9.17, 15) is 14.4 Å². The number of carbonyl (C=O) groups is 2. The number of esters is 1. The predicted octanol–water partition coefficient (Wildman–Crippen LogP) is 2.69. The van der Waals surface area contributed by atoms with Gasteiger partial charge in [-0.05, 0) is 57.2 Å². The minimum atomic E-state index is -1.16. The lowest BCUT2D eigenvalue weighted by atomic mass is 10.2. The fourth-order valence-electron chi connectivity index (χ4n) is 3.12. The molecule has 2 aromatic carbocycles. The second kappa shape index (κ2) is 9.87. The largest absolute Gasteiger partial charge is 0.479 e. The van der Waals surface area contributed by atoms with Crippen molar-refractivity contribution >= 4 is 17.6 Å². The molecule has 1 amide bonds. The summed E-state index contributed by atoms with van der Waals surface area (Å²) in [5.41, 5.74) is 1.38. The highest BCUT2D eigenvalue weighted by Gasteiger charge is 2.26. The van der Waals surface area contributed by atoms with Crippen LogP contribution in [0.2, 0.25) is 0 Å². The third-order valence-corrected chi connectivity index (χ3v) is 5.09. The summed E-state index contributed by atoms with van der Waals surface area (Å²) in [4.78, 5) is 37.9. The van der Waals surface area contributed by atoms with Crippen LogP contribution in [0.25, 0.3) is 5.69 Å². The summed E-state index contributed by atoms with van der Waals surface area (Å²) >= 11 is 0. The van der Waals surface area contributed by atoms with Crippen molar-refractivity contribution in [3.8, 4) is 17.5 Å². The zero-order valence-corrected chi connectivity index (χ0v) is 18.7. The van der Waals surface area contributed by atoms with Gasteiger partial charge < -0.3 is 14.8 Å². The normalized spacial score (nSPS) is 12.3. The highest BCUT2D eigenvalue weighted by molar-refractivity contribution is 5.95. The van der Waals surface area contributed by atoms with Gasteiger partial charge in [-0.2, -0.15) is 5.26 Å². The van der Waals surface area contributed by atoms with Crippen molar-refractivity contribution in [3.05, 3.63) is 76.2 Å². The lowest BCUT2D eigenvalue weighted by molar-refractivity contribution is -0.159. The minimum Gasteiger partial charge on any atom is -0.479 e. The van der Waals surface area contributed by atoms with E-state index >= 15 is 0 Å². The second-order valence-corrected chi connectivity index (χ2v) is 7.40. The molecular weight excluding hydrogens is 424 g/mol. The van der Waals surface area contributed by atoms with Crippen LogP contribution in [-0.4, -0.2) is 33.4 Å². The van der Waals surface area contributed by atoms with Crippen molar-refractivity contribution in [2.75, 3.05) is 5.32 Å². The molecule has 0 aliphatic carbocycles. The number of hydrogen-bond donors (Lipinski definition) is 1. The summed E-state index contributed by atoms with van der Waals surface area (Å²) in [6, 6.07) is 17.3. The maximum absolute atomic E-state index is 12.9. The molecule has 9 nitrogen and oxygen atoms in total. The zero-order valence-electron chi connectivity index (χ0n) is 18.7. The standard InChI is InChI=1S/C24H24N4O5/c1-15-21(23(30)28(27(15)4)19-8-6-5-7-9-19)26-22(29)16(2)33-24(31)17(3)32-20-12-10-18(14-25)11-13-20/h5-13,16-17H,1-4H3,(H,26,29). The van der Waals surface area contributed by atoms with Crippen LogP contribution >= 0.6 is 0 Å². The average Bonchev–Trinajstić information content (AvgIpc) is 3.02. The van der Waals surface area contributed by atoms with E-state index in [2.05, 4.69) is 5.32 Å². The minimum absolute atomic E-state index is 0.108. The number of carbonyl (C=O) groups excluding carboxylic acids is 2. The Kier molecular flexibility index (Phi) is 6.98. The first-order valence-corrected chi connectivity index (χ1v) is 10.2. The maximum atomic E-state index is 12.9. The van der Waals surface area contributed by atoms with Gasteiger partial charge in [-0.3, -0.25) is 14.3 Å². The number of nitrogens with one attached hydrogen (secondary N) is 1. The zero-order chi connectivity index (χ0) is 24.1. The van der Waals surface area contributed by atoms with Gasteiger partial charge in [0, 0.05) is 7.05 Å². The third-order valence-electron chi connectivity index (χ3n) is 5.09. The Labute approximate surface area is 190 Å². The quantitative estimate of drug-likeness (QED) is 0.556. The number of para-hydroxylation sites is 1. The number of benzene rings is 2. The van der Waals surface area contributed by atoms with Gasteiger partial charge >= 0.3 is 5.97 Å². The first kappa shape index (κ1) is 23.3. The molecule has 3 rings (SSSR count). The van der Waals surface area contributed by atoms with Crippen LogP contribution in [0.1, 0.15) is 25.1 Å². The molecule has 170 valence electrons. The number of aromatic nitrogens is 2. The average molecular weight is 448 g/mol. The summed E-state index contributed by atoms with van der Waals surface area (Å²) in [6.07, 6.45) is -2.14. The van der Waals surface area contributed by atoms with E-state index in [0.29, 0.717) is 22.7 Å². The van der Waals surface area contributed by atoms with E-state index in [1.54, 1.807) is 55.1 Å². The lowest BCUT2D eigenvalue weighted by Crippen LogP contribution is -2.36. The maximum Gasteiger partial charge on any atom is 0.347 e. The highest BCUT2D eigenvalue weighted by atomic mass is 16.6. The van der Waals surface area contributed by atoms with Gasteiger partial charge in [0.25, 0.3) is 11.5 Å². The van der Waals surface area contributed by atoms with Gasteiger partial charge in [0.15, 0.2) is 12.2 Å². The number of nitriles is 1. The SMILES string of the molecule is Cc1c(NC(=O)C(C)OC(=O)C(C)Oc2ccc(C#N)cc2)c(=O)n(-c2ccccc2)n1C. The van der Waals surface area contributed by atoms with Gasteiger partial charge in [0.1, 0.15) is 11.4 Å². The summed E-state index contributed by atoms with van der Waals surface area (Å²) < 4.78 is 13.8. The lowest BCUT2D eigenvalue weighted by Gasteiger charge is -2.17. The van der Waals surface area contributed by atoms with E-state index in [1.807, 2.05) is 24.3 Å². The summed E-state index contributed by atoms with van der Waals surface area (Å²) in [5.74, 6) is -0.995. The van der Waals surface area contributed by atoms with Gasteiger partial charge in [-0.1, -0.05) is 18.2 Å². The first-order valence-electron chi connectivity index (χ1n) is 10.2. The molecule has 33 heavy (non-hydrogen) atoms. The van der Waals surface area contributed by atoms with Gasteiger partial charge in [0.2, 0.25) is 0 Å². The van der Waals surface area contributed by atoms with E-state index in [1.165, 1.54) is 18.5 Å². The number of amides is 1. The highest BCUT2D eigenvalue weighted by Crippen LogP contribution is 2.16. The Morgan fingerprint density at radius 2 is 1.67 bits per heavy atom. The van der Waals surface area contributed by atoms with Crippen LogP contribution in [-0.2, 0) is 21.4 Å². The Morgan fingerprint density at radius 1 is 1.03 bits per heavy atom. The molecule has 0 saturated heterocycles. The van der Waals surface area contributed by atoms with Crippen molar-refractivity contribution in [3.63, 3.8) is 0 Å². The molecule has 3 aromatic rings. The predicted molar refractivity (Wildman–Crippen MR) is 121 cm³/mol. The molecule has 0 radical (unpaired) electrons. The van der Waals surface area contributed by atoms with Crippen LogP contribution in [0.4, 0.5) is 5.69 Å². The van der Waals surface area contributed by atoms with E-state index in [4.69, 9.17) is 14.7 Å². The smallest absolute Gasteiger partial charge is 0.347 e. The number of hydrogen-bond acceptors (Lipinski definition) is 6. The molecule has 0 spiro atoms. The molecule has 9 heteroatoms. The van der Waals surface area contributed by atoms with Crippen molar-refractivity contribution < 1.29 is 19.1 Å². The topological polar surface area (TPSA) is 115 Å². The van der Waals surface area contributed by atoms with Crippen LogP contribution in [0.15, 0.2) is 59.4 Å².